The van der Waals surface area contributed by atoms with E-state index in [0.29, 0.717) is 19.6 Å². The third kappa shape index (κ3) is 2.96. The second-order valence-corrected chi connectivity index (χ2v) is 10.0. The van der Waals surface area contributed by atoms with E-state index in [4.69, 9.17) is 4.42 Å². The maximum atomic E-state index is 12.0. The lowest BCUT2D eigenvalue weighted by atomic mass is 9.81. The van der Waals surface area contributed by atoms with Gasteiger partial charge in [0, 0.05) is 37.5 Å². The van der Waals surface area contributed by atoms with E-state index in [-0.39, 0.29) is 19.0 Å². The summed E-state index contributed by atoms with van der Waals surface area (Å²) in [6.45, 7) is 5.78. The van der Waals surface area contributed by atoms with Crippen molar-refractivity contribution in [3.63, 3.8) is 0 Å². The van der Waals surface area contributed by atoms with Crippen LogP contribution in [0, 0.1) is 25.2 Å². The minimum absolute atomic E-state index is 0.0423. The molecule has 0 spiro atoms. The fraction of sp³-hybridized carbons (Fsp3) is 0.526. The summed E-state index contributed by atoms with van der Waals surface area (Å²) in [5.41, 5.74) is 2.04. The van der Waals surface area contributed by atoms with E-state index in [1.807, 2.05) is 26.0 Å². The average molecular weight is 392 g/mol. The first kappa shape index (κ1) is 18.5. The second-order valence-electron chi connectivity index (χ2n) is 8.03. The Balaban J connectivity index is 1.58. The van der Waals surface area contributed by atoms with Crippen LogP contribution >= 0.6 is 0 Å². The molecule has 2 saturated heterocycles. The normalized spacial score (nSPS) is 26.7. The number of nitrogens with zero attached hydrogens (tertiary/aromatic N) is 2. The number of rotatable bonds is 4. The molecule has 0 aliphatic carbocycles. The molecule has 8 heteroatoms. The number of carbonyl (C=O) groups is 1. The van der Waals surface area contributed by atoms with Crippen molar-refractivity contribution in [1.82, 2.24) is 9.21 Å². The molecule has 0 bridgehead atoms. The second kappa shape index (κ2) is 6.05. The Morgan fingerprint density at radius 1 is 1.30 bits per heavy atom. The van der Waals surface area contributed by atoms with Crippen molar-refractivity contribution in [3.05, 3.63) is 35.1 Å². The topological polar surface area (TPSA) is 91.1 Å². The van der Waals surface area contributed by atoms with Gasteiger partial charge in [-0.2, -0.15) is 0 Å². The van der Waals surface area contributed by atoms with Crippen LogP contribution in [-0.2, 0) is 21.4 Å². The van der Waals surface area contributed by atoms with Crippen molar-refractivity contribution in [2.24, 2.45) is 11.3 Å². The molecule has 4 rings (SSSR count). The first-order valence-electron chi connectivity index (χ1n) is 9.00. The van der Waals surface area contributed by atoms with Gasteiger partial charge in [0.2, 0.25) is 10.0 Å². The Hall–Kier alpha value is -1.90. The Morgan fingerprint density at radius 2 is 2.04 bits per heavy atom. The Kier molecular flexibility index (Phi) is 4.14. The van der Waals surface area contributed by atoms with E-state index >= 15 is 0 Å². The number of sulfonamides is 1. The van der Waals surface area contributed by atoms with Crippen molar-refractivity contribution >= 4 is 27.0 Å². The minimum Gasteiger partial charge on any atom is -0.481 e. The smallest absolute Gasteiger partial charge is 0.312 e. The summed E-state index contributed by atoms with van der Waals surface area (Å²) in [5.74, 6) is -0.286. The van der Waals surface area contributed by atoms with Crippen molar-refractivity contribution in [2.45, 2.75) is 20.4 Å². The monoisotopic (exact) mass is 392 g/mol. The summed E-state index contributed by atoms with van der Waals surface area (Å²) in [7, 11) is -3.39. The highest BCUT2D eigenvalue weighted by Gasteiger charge is 2.59. The molecule has 0 radical (unpaired) electrons. The number of carboxylic acids is 1. The highest BCUT2D eigenvalue weighted by molar-refractivity contribution is 7.88. The van der Waals surface area contributed by atoms with E-state index < -0.39 is 21.4 Å². The van der Waals surface area contributed by atoms with Crippen LogP contribution in [0.1, 0.15) is 16.9 Å². The number of aliphatic carboxylic acids is 1. The van der Waals surface area contributed by atoms with Gasteiger partial charge in [-0.05, 0) is 31.5 Å². The first-order valence-corrected chi connectivity index (χ1v) is 10.8. The largest absolute Gasteiger partial charge is 0.481 e. The number of hydrogen-bond acceptors (Lipinski definition) is 5. The van der Waals surface area contributed by atoms with Gasteiger partial charge < -0.3 is 9.52 Å². The van der Waals surface area contributed by atoms with E-state index in [0.717, 1.165) is 28.5 Å². The fourth-order valence-electron chi connectivity index (χ4n) is 4.54. The lowest BCUT2D eigenvalue weighted by molar-refractivity contribution is -0.148. The van der Waals surface area contributed by atoms with Crippen molar-refractivity contribution < 1.29 is 22.7 Å². The third-order valence-corrected chi connectivity index (χ3v) is 7.32. The van der Waals surface area contributed by atoms with Gasteiger partial charge in [-0.15, -0.1) is 0 Å². The molecule has 2 aliphatic rings. The molecule has 2 fully saturated rings. The molecule has 2 aliphatic heterocycles. The molecule has 3 heterocycles. The first-order chi connectivity index (χ1) is 12.6. The van der Waals surface area contributed by atoms with E-state index in [9.17, 15) is 18.3 Å². The summed E-state index contributed by atoms with van der Waals surface area (Å²) >= 11 is 0. The van der Waals surface area contributed by atoms with Gasteiger partial charge in [-0.25, -0.2) is 12.7 Å². The van der Waals surface area contributed by atoms with Crippen LogP contribution in [0.4, 0.5) is 0 Å². The Labute approximate surface area is 158 Å². The standard InChI is InChI=1S/C19H24N2O5S/c1-12-4-5-16-15(6-12)13(2)17(26-16)9-20-7-14-8-21(27(3,24)25)11-19(14,10-20)18(22)23/h4-6,14H,7-11H2,1-3H3,(H,22,23)/t14-,19-/m0/s1. The Morgan fingerprint density at radius 3 is 2.67 bits per heavy atom. The van der Waals surface area contributed by atoms with Gasteiger partial charge in [0.05, 0.1) is 18.2 Å². The number of benzene rings is 1. The zero-order chi connectivity index (χ0) is 19.6. The SMILES string of the molecule is Cc1ccc2oc(CN3C[C@H]4CN(S(C)(=O)=O)C[C@@]4(C(=O)O)C3)c(C)c2c1. The fourth-order valence-corrected chi connectivity index (χ4v) is 5.45. The predicted molar refractivity (Wildman–Crippen MR) is 101 cm³/mol. The van der Waals surface area contributed by atoms with E-state index in [1.54, 1.807) is 0 Å². The molecular formula is C19H24N2O5S. The average Bonchev–Trinajstić information content (AvgIpc) is 3.18. The van der Waals surface area contributed by atoms with Gasteiger partial charge in [-0.1, -0.05) is 11.6 Å². The number of likely N-dealkylation sites (tertiary alicyclic amines) is 1. The summed E-state index contributed by atoms with van der Waals surface area (Å²) in [5, 5.41) is 11.0. The summed E-state index contributed by atoms with van der Waals surface area (Å²) in [4.78, 5) is 14.1. The maximum Gasteiger partial charge on any atom is 0.312 e. The molecular weight excluding hydrogens is 368 g/mol. The molecule has 1 aromatic carbocycles. The zero-order valence-corrected chi connectivity index (χ0v) is 16.5. The van der Waals surface area contributed by atoms with Crippen molar-refractivity contribution in [1.29, 1.82) is 0 Å². The van der Waals surface area contributed by atoms with Crippen LogP contribution in [0.5, 0.6) is 0 Å². The molecule has 0 unspecified atom stereocenters. The number of furan rings is 1. The van der Waals surface area contributed by atoms with Gasteiger partial charge in [0.1, 0.15) is 11.3 Å². The molecule has 2 atom stereocenters. The zero-order valence-electron chi connectivity index (χ0n) is 15.7. The predicted octanol–water partition coefficient (Wildman–Crippen LogP) is 1.83. The van der Waals surface area contributed by atoms with Gasteiger partial charge in [0.15, 0.2) is 0 Å². The van der Waals surface area contributed by atoms with Gasteiger partial charge in [0.25, 0.3) is 0 Å². The highest BCUT2D eigenvalue weighted by Crippen LogP contribution is 2.44. The van der Waals surface area contributed by atoms with Crippen molar-refractivity contribution in [2.75, 3.05) is 32.4 Å². The molecule has 2 aromatic rings. The van der Waals surface area contributed by atoms with Gasteiger partial charge >= 0.3 is 5.97 Å². The quantitative estimate of drug-likeness (QED) is 0.854. The molecule has 1 N–H and O–H groups in total. The van der Waals surface area contributed by atoms with Crippen LogP contribution in [-0.4, -0.2) is 61.1 Å². The van der Waals surface area contributed by atoms with Crippen LogP contribution in [0.25, 0.3) is 11.0 Å². The van der Waals surface area contributed by atoms with Crippen molar-refractivity contribution in [3.8, 4) is 0 Å². The third-order valence-electron chi connectivity index (χ3n) is 6.10. The lowest BCUT2D eigenvalue weighted by Gasteiger charge is -2.24. The number of hydrogen-bond donors (Lipinski definition) is 1. The van der Waals surface area contributed by atoms with Crippen LogP contribution in [0.3, 0.4) is 0 Å². The molecule has 0 saturated carbocycles. The van der Waals surface area contributed by atoms with E-state index in [2.05, 4.69) is 11.0 Å². The van der Waals surface area contributed by atoms with Crippen LogP contribution < -0.4 is 0 Å². The molecule has 146 valence electrons. The summed E-state index contributed by atoms with van der Waals surface area (Å²) in [6.07, 6.45) is 1.14. The van der Waals surface area contributed by atoms with Gasteiger partial charge in [-0.3, -0.25) is 9.69 Å². The lowest BCUT2D eigenvalue weighted by Crippen LogP contribution is -2.41. The number of carboxylic acid groups (broad SMARTS) is 1. The molecule has 1 aromatic heterocycles. The van der Waals surface area contributed by atoms with E-state index in [1.165, 1.54) is 9.87 Å². The molecule has 7 nitrogen and oxygen atoms in total. The highest BCUT2D eigenvalue weighted by atomic mass is 32.2. The van der Waals surface area contributed by atoms with Crippen LogP contribution in [0.2, 0.25) is 0 Å². The molecule has 27 heavy (non-hydrogen) atoms. The Bertz CT molecular complexity index is 1030. The van der Waals surface area contributed by atoms with Crippen LogP contribution in [0.15, 0.2) is 22.6 Å². The maximum absolute atomic E-state index is 12.0. The summed E-state index contributed by atoms with van der Waals surface area (Å²) in [6, 6.07) is 6.07. The summed E-state index contributed by atoms with van der Waals surface area (Å²) < 4.78 is 31.1. The minimum atomic E-state index is -3.39. The number of fused-ring (bicyclic) bond motifs is 2. The molecule has 0 amide bonds. The number of aryl methyl sites for hydroxylation is 2.